The number of hydrogen-bond donors (Lipinski definition) is 1. The highest BCUT2D eigenvalue weighted by Crippen LogP contribution is 2.42. The number of amidine groups is 1. The van der Waals surface area contributed by atoms with E-state index in [1.54, 1.807) is 0 Å². The number of nitrogens with zero attached hydrogens (tertiary/aromatic N) is 2. The zero-order valence-electron chi connectivity index (χ0n) is 14.8. The highest BCUT2D eigenvalue weighted by Gasteiger charge is 2.49. The molecule has 1 aliphatic heterocycles. The second-order valence-corrected chi connectivity index (χ2v) is 7.89. The van der Waals surface area contributed by atoms with Gasteiger partial charge in [-0.2, -0.15) is 0 Å². The normalized spacial score (nSPS) is 18.9. The third-order valence-electron chi connectivity index (χ3n) is 5.43. The molecule has 1 fully saturated rings. The summed E-state index contributed by atoms with van der Waals surface area (Å²) in [5.74, 6) is 0.978. The Kier molecular flexibility index (Phi) is 4.72. The summed E-state index contributed by atoms with van der Waals surface area (Å²) in [6, 6.07) is 16.2. The summed E-state index contributed by atoms with van der Waals surface area (Å²) in [6.45, 7) is 2.11. The molecule has 0 amide bonds. The molecule has 1 heterocycles. The molecule has 2 aliphatic rings. The van der Waals surface area contributed by atoms with Crippen molar-refractivity contribution in [1.82, 2.24) is 0 Å². The molecule has 0 bridgehead atoms. The van der Waals surface area contributed by atoms with Crippen LogP contribution in [0, 0.1) is 6.92 Å². The minimum atomic E-state index is -0.189. The number of benzene rings is 2. The van der Waals surface area contributed by atoms with Crippen molar-refractivity contribution in [2.24, 2.45) is 4.99 Å². The fourth-order valence-electron chi connectivity index (χ4n) is 4.07. The smallest absolute Gasteiger partial charge is 0.202 e. The lowest BCUT2D eigenvalue weighted by atomic mass is 9.79. The Morgan fingerprint density at radius 2 is 1.73 bits per heavy atom. The van der Waals surface area contributed by atoms with E-state index in [-0.39, 0.29) is 5.54 Å². The summed E-state index contributed by atoms with van der Waals surface area (Å²) in [5.41, 5.74) is 3.17. The number of hydrogen-bond acceptors (Lipinski definition) is 2. The fourth-order valence-corrected chi connectivity index (χ4v) is 4.57. The van der Waals surface area contributed by atoms with Gasteiger partial charge in [-0.25, -0.2) is 4.99 Å². The van der Waals surface area contributed by atoms with Crippen LogP contribution in [0.5, 0.6) is 0 Å². The average molecular weight is 384 g/mol. The fraction of sp³-hybridized carbons (Fsp3) is 0.333. The van der Waals surface area contributed by atoms with Crippen LogP contribution in [0.3, 0.4) is 0 Å². The highest BCUT2D eigenvalue weighted by atomic mass is 35.5. The number of nitrogens with one attached hydrogen (secondary N) is 1. The zero-order valence-corrected chi connectivity index (χ0v) is 16.4. The highest BCUT2D eigenvalue weighted by molar-refractivity contribution is 7.80. The maximum atomic E-state index is 6.09. The van der Waals surface area contributed by atoms with Crippen LogP contribution in [-0.4, -0.2) is 16.5 Å². The first-order chi connectivity index (χ1) is 12.6. The van der Waals surface area contributed by atoms with E-state index >= 15 is 0 Å². The molecule has 1 spiro atoms. The van der Waals surface area contributed by atoms with Crippen molar-refractivity contribution in [1.29, 1.82) is 0 Å². The molecule has 0 unspecified atom stereocenters. The molecule has 1 aliphatic carbocycles. The van der Waals surface area contributed by atoms with Crippen molar-refractivity contribution >= 4 is 46.1 Å². The summed E-state index contributed by atoms with van der Waals surface area (Å²) in [7, 11) is 0. The van der Waals surface area contributed by atoms with Crippen LogP contribution in [0.4, 0.5) is 11.4 Å². The maximum absolute atomic E-state index is 6.09. The van der Waals surface area contributed by atoms with Crippen LogP contribution in [0.2, 0.25) is 5.02 Å². The predicted molar refractivity (Wildman–Crippen MR) is 115 cm³/mol. The molecule has 0 aromatic heterocycles. The van der Waals surface area contributed by atoms with Crippen molar-refractivity contribution in [2.45, 2.75) is 44.6 Å². The van der Waals surface area contributed by atoms with Gasteiger partial charge in [0.25, 0.3) is 0 Å². The number of rotatable bonds is 2. The molecule has 1 saturated carbocycles. The lowest BCUT2D eigenvalue weighted by Gasteiger charge is -2.43. The lowest BCUT2D eigenvalue weighted by Crippen LogP contribution is -2.55. The molecule has 134 valence electrons. The molecule has 0 saturated heterocycles. The Balaban J connectivity index is 1.74. The van der Waals surface area contributed by atoms with Crippen LogP contribution < -0.4 is 10.2 Å². The average Bonchev–Trinajstić information content (AvgIpc) is 2.90. The van der Waals surface area contributed by atoms with Gasteiger partial charge in [0.2, 0.25) is 5.11 Å². The van der Waals surface area contributed by atoms with Crippen LogP contribution in [0.15, 0.2) is 53.5 Å². The molecule has 2 aromatic rings. The Bertz CT molecular complexity index is 854. The number of anilines is 2. The van der Waals surface area contributed by atoms with Crippen molar-refractivity contribution in [3.63, 3.8) is 0 Å². The number of para-hydroxylation sites is 1. The minimum absolute atomic E-state index is 0.189. The summed E-state index contributed by atoms with van der Waals surface area (Å²) in [4.78, 5) is 7.05. The molecule has 2 aromatic carbocycles. The Labute approximate surface area is 165 Å². The number of thiocarbonyl (C=S) groups is 1. The zero-order chi connectivity index (χ0) is 18.1. The minimum Gasteiger partial charge on any atom is -0.341 e. The maximum Gasteiger partial charge on any atom is 0.202 e. The van der Waals surface area contributed by atoms with Gasteiger partial charge in [0.1, 0.15) is 11.4 Å². The van der Waals surface area contributed by atoms with E-state index < -0.39 is 0 Å². The van der Waals surface area contributed by atoms with E-state index in [0.717, 1.165) is 35.1 Å². The Hall–Kier alpha value is -1.91. The molecule has 3 nitrogen and oxygen atoms in total. The Morgan fingerprint density at radius 3 is 2.42 bits per heavy atom. The van der Waals surface area contributed by atoms with Crippen molar-refractivity contribution in [3.05, 3.63) is 59.1 Å². The first-order valence-corrected chi connectivity index (χ1v) is 9.90. The Morgan fingerprint density at radius 1 is 1.04 bits per heavy atom. The second-order valence-electron chi connectivity index (χ2n) is 7.09. The third kappa shape index (κ3) is 3.01. The summed E-state index contributed by atoms with van der Waals surface area (Å²) >= 11 is 11.8. The van der Waals surface area contributed by atoms with Crippen molar-refractivity contribution in [2.75, 3.05) is 10.2 Å². The summed E-state index contributed by atoms with van der Waals surface area (Å²) in [6.07, 6.45) is 5.73. The molecular weight excluding hydrogens is 362 g/mol. The van der Waals surface area contributed by atoms with Crippen LogP contribution in [0.25, 0.3) is 0 Å². The van der Waals surface area contributed by atoms with Gasteiger partial charge in [-0.15, -0.1) is 0 Å². The van der Waals surface area contributed by atoms with E-state index in [4.69, 9.17) is 28.8 Å². The molecule has 26 heavy (non-hydrogen) atoms. The molecule has 0 radical (unpaired) electrons. The molecule has 4 rings (SSSR count). The number of aryl methyl sites for hydroxylation is 1. The van der Waals surface area contributed by atoms with Gasteiger partial charge in [0, 0.05) is 16.4 Å². The largest absolute Gasteiger partial charge is 0.341 e. The molecule has 0 atom stereocenters. The van der Waals surface area contributed by atoms with E-state index in [2.05, 4.69) is 35.3 Å². The number of aliphatic imine (C=N–C) groups is 1. The van der Waals surface area contributed by atoms with Crippen LogP contribution in [0.1, 0.15) is 37.7 Å². The van der Waals surface area contributed by atoms with Gasteiger partial charge >= 0.3 is 0 Å². The summed E-state index contributed by atoms with van der Waals surface area (Å²) in [5, 5.41) is 4.97. The van der Waals surface area contributed by atoms with Crippen molar-refractivity contribution in [3.8, 4) is 0 Å². The van der Waals surface area contributed by atoms with E-state index in [9.17, 15) is 0 Å². The quantitative estimate of drug-likeness (QED) is 0.647. The van der Waals surface area contributed by atoms with Crippen LogP contribution in [-0.2, 0) is 0 Å². The first kappa shape index (κ1) is 17.5. The monoisotopic (exact) mass is 383 g/mol. The van der Waals surface area contributed by atoms with E-state index in [1.165, 1.54) is 24.8 Å². The standard InChI is InChI=1S/C21H22ClN3S/c1-15-7-3-4-8-18(15)23-19-21(13-5-2-6-14-21)25(20(26)24-19)17-11-9-16(22)10-12-17/h3-4,7-12H,2,5-6,13-14H2,1H3,(H,23,24,26). The lowest BCUT2D eigenvalue weighted by molar-refractivity contribution is 0.386. The second kappa shape index (κ2) is 7.01. The van der Waals surface area contributed by atoms with Gasteiger partial charge in [-0.05, 0) is 67.9 Å². The van der Waals surface area contributed by atoms with E-state index in [1.807, 2.05) is 30.3 Å². The SMILES string of the molecule is Cc1ccccc1NC1=NC(=S)N(c2ccc(Cl)cc2)C12CCCCC2. The molecule has 5 heteroatoms. The van der Waals surface area contributed by atoms with Gasteiger partial charge in [0.15, 0.2) is 0 Å². The van der Waals surface area contributed by atoms with Gasteiger partial charge < -0.3 is 10.2 Å². The molecular formula is C21H22ClN3S. The van der Waals surface area contributed by atoms with Crippen LogP contribution >= 0.6 is 23.8 Å². The summed E-state index contributed by atoms with van der Waals surface area (Å²) < 4.78 is 0. The van der Waals surface area contributed by atoms with Gasteiger partial charge in [-0.3, -0.25) is 0 Å². The third-order valence-corrected chi connectivity index (χ3v) is 5.96. The molecule has 1 N–H and O–H groups in total. The van der Waals surface area contributed by atoms with Gasteiger partial charge in [-0.1, -0.05) is 49.1 Å². The van der Waals surface area contributed by atoms with Crippen molar-refractivity contribution < 1.29 is 0 Å². The number of halogens is 1. The van der Waals surface area contributed by atoms with E-state index in [0.29, 0.717) is 5.11 Å². The predicted octanol–water partition coefficient (Wildman–Crippen LogP) is 5.97. The topological polar surface area (TPSA) is 27.6 Å². The first-order valence-electron chi connectivity index (χ1n) is 9.12. The van der Waals surface area contributed by atoms with Gasteiger partial charge in [0.05, 0.1) is 0 Å².